The number of carboxylic acid groups (broad SMARTS) is 1. The Balaban J connectivity index is 1.65. The SMILES string of the molecule is O=C(O)C1CC1C(=O)NCc1cc(Br)cc2c1OCC2. The molecule has 20 heavy (non-hydrogen) atoms. The van der Waals surface area contributed by atoms with Crippen LogP contribution in [-0.4, -0.2) is 23.6 Å². The van der Waals surface area contributed by atoms with Crippen LogP contribution in [0.5, 0.6) is 5.75 Å². The Morgan fingerprint density at radius 3 is 2.90 bits per heavy atom. The summed E-state index contributed by atoms with van der Waals surface area (Å²) >= 11 is 3.45. The number of carbonyl (C=O) groups excluding carboxylic acids is 1. The Kier molecular flexibility index (Phi) is 3.41. The second-order valence-electron chi connectivity index (χ2n) is 5.16. The fourth-order valence-electron chi connectivity index (χ4n) is 2.55. The number of carbonyl (C=O) groups is 2. The van der Waals surface area contributed by atoms with Gasteiger partial charge in [-0.2, -0.15) is 0 Å². The zero-order valence-corrected chi connectivity index (χ0v) is 12.3. The van der Waals surface area contributed by atoms with E-state index in [-0.39, 0.29) is 11.8 Å². The van der Waals surface area contributed by atoms with Gasteiger partial charge in [0.15, 0.2) is 0 Å². The Hall–Kier alpha value is -1.56. The molecule has 1 aromatic rings. The van der Waals surface area contributed by atoms with Crippen LogP contribution in [0.4, 0.5) is 0 Å². The smallest absolute Gasteiger partial charge is 0.307 e. The third-order valence-electron chi connectivity index (χ3n) is 3.72. The van der Waals surface area contributed by atoms with Crippen LogP contribution >= 0.6 is 15.9 Å². The van der Waals surface area contributed by atoms with Crippen molar-refractivity contribution in [2.75, 3.05) is 6.61 Å². The van der Waals surface area contributed by atoms with E-state index in [1.165, 1.54) is 0 Å². The van der Waals surface area contributed by atoms with E-state index in [1.54, 1.807) is 0 Å². The second-order valence-corrected chi connectivity index (χ2v) is 6.07. The molecule has 5 nitrogen and oxygen atoms in total. The van der Waals surface area contributed by atoms with E-state index >= 15 is 0 Å². The number of hydrogen-bond donors (Lipinski definition) is 2. The molecule has 0 bridgehead atoms. The van der Waals surface area contributed by atoms with E-state index in [4.69, 9.17) is 9.84 Å². The first-order chi connectivity index (χ1) is 9.56. The van der Waals surface area contributed by atoms with Crippen molar-refractivity contribution in [3.05, 3.63) is 27.7 Å². The highest BCUT2D eigenvalue weighted by Crippen LogP contribution is 2.39. The minimum atomic E-state index is -0.892. The van der Waals surface area contributed by atoms with Gasteiger partial charge in [-0.3, -0.25) is 9.59 Å². The van der Waals surface area contributed by atoms with Crippen molar-refractivity contribution < 1.29 is 19.4 Å². The van der Waals surface area contributed by atoms with Gasteiger partial charge in [0.1, 0.15) is 5.75 Å². The minimum absolute atomic E-state index is 0.191. The molecule has 6 heteroatoms. The summed E-state index contributed by atoms with van der Waals surface area (Å²) in [7, 11) is 0. The van der Waals surface area contributed by atoms with Gasteiger partial charge in [-0.15, -0.1) is 0 Å². The number of rotatable bonds is 4. The number of carboxylic acids is 1. The van der Waals surface area contributed by atoms with Gasteiger partial charge in [0.25, 0.3) is 0 Å². The van der Waals surface area contributed by atoms with Crippen LogP contribution < -0.4 is 10.1 Å². The molecule has 1 aliphatic carbocycles. The predicted molar refractivity (Wildman–Crippen MR) is 74.4 cm³/mol. The number of benzene rings is 1. The first kappa shape index (κ1) is 13.4. The zero-order chi connectivity index (χ0) is 14.3. The molecular formula is C14H14BrNO4. The lowest BCUT2D eigenvalue weighted by atomic mass is 10.1. The van der Waals surface area contributed by atoms with Crippen LogP contribution in [0, 0.1) is 11.8 Å². The highest BCUT2D eigenvalue weighted by molar-refractivity contribution is 9.10. The average molecular weight is 340 g/mol. The van der Waals surface area contributed by atoms with Gasteiger partial charge < -0.3 is 15.2 Å². The number of halogens is 1. The first-order valence-corrected chi connectivity index (χ1v) is 7.30. The molecule has 1 fully saturated rings. The summed E-state index contributed by atoms with van der Waals surface area (Å²) in [4.78, 5) is 22.6. The minimum Gasteiger partial charge on any atom is -0.493 e. The molecule has 2 atom stereocenters. The summed E-state index contributed by atoms with van der Waals surface area (Å²) in [5, 5.41) is 11.6. The Bertz CT molecular complexity index is 587. The monoisotopic (exact) mass is 339 g/mol. The molecule has 1 aliphatic heterocycles. The molecule has 2 unspecified atom stereocenters. The average Bonchev–Trinajstić information content (AvgIpc) is 3.08. The number of amides is 1. The van der Waals surface area contributed by atoms with Crippen LogP contribution in [0.25, 0.3) is 0 Å². The van der Waals surface area contributed by atoms with Crippen molar-refractivity contribution in [1.82, 2.24) is 5.32 Å². The van der Waals surface area contributed by atoms with Crippen LogP contribution in [0.3, 0.4) is 0 Å². The van der Waals surface area contributed by atoms with E-state index in [0.717, 1.165) is 27.8 Å². The Labute approximate surface area is 124 Å². The fraction of sp³-hybridized carbons (Fsp3) is 0.429. The normalized spacial score (nSPS) is 22.9. The van der Waals surface area contributed by atoms with Gasteiger partial charge >= 0.3 is 5.97 Å². The van der Waals surface area contributed by atoms with Gasteiger partial charge in [-0.25, -0.2) is 0 Å². The van der Waals surface area contributed by atoms with Gasteiger partial charge in [0, 0.05) is 23.0 Å². The maximum atomic E-state index is 11.9. The number of fused-ring (bicyclic) bond motifs is 1. The van der Waals surface area contributed by atoms with Crippen LogP contribution in [0.2, 0.25) is 0 Å². The molecule has 1 heterocycles. The maximum Gasteiger partial charge on any atom is 0.307 e. The van der Waals surface area contributed by atoms with Crippen molar-refractivity contribution in [1.29, 1.82) is 0 Å². The Morgan fingerprint density at radius 2 is 2.20 bits per heavy atom. The summed E-state index contributed by atoms with van der Waals surface area (Å²) in [6, 6.07) is 3.95. The third kappa shape index (κ3) is 2.52. The van der Waals surface area contributed by atoms with Crippen LogP contribution in [0.15, 0.2) is 16.6 Å². The zero-order valence-electron chi connectivity index (χ0n) is 10.7. The van der Waals surface area contributed by atoms with E-state index < -0.39 is 11.9 Å². The number of aliphatic carboxylic acids is 1. The quantitative estimate of drug-likeness (QED) is 0.875. The van der Waals surface area contributed by atoms with Gasteiger partial charge in [0.05, 0.1) is 18.4 Å². The van der Waals surface area contributed by atoms with Gasteiger partial charge in [-0.1, -0.05) is 15.9 Å². The van der Waals surface area contributed by atoms with E-state index in [0.29, 0.717) is 19.6 Å². The van der Waals surface area contributed by atoms with E-state index in [1.807, 2.05) is 12.1 Å². The van der Waals surface area contributed by atoms with Crippen molar-refractivity contribution in [3.63, 3.8) is 0 Å². The number of hydrogen-bond acceptors (Lipinski definition) is 3. The summed E-state index contributed by atoms with van der Waals surface area (Å²) < 4.78 is 6.55. The van der Waals surface area contributed by atoms with E-state index in [9.17, 15) is 9.59 Å². The highest BCUT2D eigenvalue weighted by atomic mass is 79.9. The standard InChI is InChI=1S/C14H14BrNO4/c15-9-3-7-1-2-20-12(7)8(4-9)6-16-13(17)10-5-11(10)14(18)19/h3-4,10-11H,1-2,5-6H2,(H,16,17)(H,18,19). The lowest BCUT2D eigenvalue weighted by molar-refractivity contribution is -0.140. The second kappa shape index (κ2) is 5.09. The summed E-state index contributed by atoms with van der Waals surface area (Å²) in [6.45, 7) is 1.03. The molecule has 0 saturated heterocycles. The third-order valence-corrected chi connectivity index (χ3v) is 4.18. The Morgan fingerprint density at radius 1 is 1.40 bits per heavy atom. The maximum absolute atomic E-state index is 11.9. The number of ether oxygens (including phenoxy) is 1. The molecule has 0 aromatic heterocycles. The number of nitrogens with one attached hydrogen (secondary N) is 1. The van der Waals surface area contributed by atoms with Gasteiger partial charge in [-0.05, 0) is 24.1 Å². The van der Waals surface area contributed by atoms with Crippen LogP contribution in [-0.2, 0) is 22.6 Å². The van der Waals surface area contributed by atoms with Crippen LogP contribution in [0.1, 0.15) is 17.5 Å². The molecular weight excluding hydrogens is 326 g/mol. The van der Waals surface area contributed by atoms with Crippen molar-refractivity contribution in [2.45, 2.75) is 19.4 Å². The highest BCUT2D eigenvalue weighted by Gasteiger charge is 2.48. The van der Waals surface area contributed by atoms with E-state index in [2.05, 4.69) is 21.2 Å². The molecule has 0 radical (unpaired) electrons. The molecule has 1 aromatic carbocycles. The van der Waals surface area contributed by atoms with Crippen molar-refractivity contribution in [2.24, 2.45) is 11.8 Å². The molecule has 3 rings (SSSR count). The fourth-order valence-corrected chi connectivity index (χ4v) is 3.10. The lowest BCUT2D eigenvalue weighted by Gasteiger charge is -2.10. The molecule has 1 amide bonds. The van der Waals surface area contributed by atoms with Gasteiger partial charge in [0.2, 0.25) is 5.91 Å². The lowest BCUT2D eigenvalue weighted by Crippen LogP contribution is -2.26. The first-order valence-electron chi connectivity index (χ1n) is 6.51. The largest absolute Gasteiger partial charge is 0.493 e. The summed E-state index contributed by atoms with van der Waals surface area (Å²) in [5.41, 5.74) is 2.06. The molecule has 2 N–H and O–H groups in total. The molecule has 0 spiro atoms. The van der Waals surface area contributed by atoms with Crippen molar-refractivity contribution >= 4 is 27.8 Å². The molecule has 1 saturated carbocycles. The van der Waals surface area contributed by atoms with Crippen molar-refractivity contribution in [3.8, 4) is 5.75 Å². The summed E-state index contributed by atoms with van der Waals surface area (Å²) in [6.07, 6.45) is 1.31. The summed E-state index contributed by atoms with van der Waals surface area (Å²) in [5.74, 6) is -1.13. The topological polar surface area (TPSA) is 75.6 Å². The molecule has 106 valence electrons. The predicted octanol–water partition coefficient (Wildman–Crippen LogP) is 1.72. The molecule has 2 aliphatic rings.